The summed E-state index contributed by atoms with van der Waals surface area (Å²) in [5.41, 5.74) is 0.662. The summed E-state index contributed by atoms with van der Waals surface area (Å²) in [7, 11) is 0. The summed E-state index contributed by atoms with van der Waals surface area (Å²) in [4.78, 5) is 3.82. The molecule has 0 atom stereocenters. The first kappa shape index (κ1) is 9.16. The molecule has 1 rings (SSSR count). The average Bonchev–Trinajstić information content (AvgIpc) is 2.49. The molecule has 0 amide bonds. The molecule has 1 saturated heterocycles. The fourth-order valence-electron chi connectivity index (χ4n) is 1.12. The average molecular weight is 167 g/mol. The third kappa shape index (κ3) is 1.62. The quantitative estimate of drug-likeness (QED) is 0.471. The normalized spacial score (nSPS) is 22.2. The second kappa shape index (κ2) is 3.65. The molecule has 0 unspecified atom stereocenters. The molecule has 3 heteroatoms. The van der Waals surface area contributed by atoms with Gasteiger partial charge in [-0.2, -0.15) is 0 Å². The van der Waals surface area contributed by atoms with E-state index in [9.17, 15) is 0 Å². The lowest BCUT2D eigenvalue weighted by Crippen LogP contribution is -2.27. The van der Waals surface area contributed by atoms with Crippen molar-refractivity contribution < 1.29 is 9.47 Å². The molecule has 0 spiro atoms. The summed E-state index contributed by atoms with van der Waals surface area (Å²) in [5.74, 6) is -0.726. The Morgan fingerprint density at radius 3 is 2.50 bits per heavy atom. The molecule has 1 aliphatic rings. The first-order chi connectivity index (χ1) is 5.73. The Bertz CT molecular complexity index is 215. The van der Waals surface area contributed by atoms with Crippen molar-refractivity contribution in [2.75, 3.05) is 13.2 Å². The van der Waals surface area contributed by atoms with E-state index in [1.807, 2.05) is 6.92 Å². The molecule has 12 heavy (non-hydrogen) atoms. The van der Waals surface area contributed by atoms with Crippen LogP contribution in [0.4, 0.5) is 0 Å². The summed E-state index contributed by atoms with van der Waals surface area (Å²) in [6.07, 6.45) is 3.37. The molecule has 1 heterocycles. The van der Waals surface area contributed by atoms with Crippen LogP contribution in [0.1, 0.15) is 6.92 Å². The number of nitrogens with zero attached hydrogens (tertiary/aromatic N) is 1. The minimum Gasteiger partial charge on any atom is -0.342 e. The van der Waals surface area contributed by atoms with Crippen LogP contribution in [0, 0.1) is 0 Å². The van der Waals surface area contributed by atoms with Crippen molar-refractivity contribution in [3.05, 3.63) is 24.4 Å². The first-order valence-electron chi connectivity index (χ1n) is 3.81. The van der Waals surface area contributed by atoms with Crippen molar-refractivity contribution in [3.63, 3.8) is 0 Å². The molecule has 0 N–H and O–H groups in total. The maximum atomic E-state index is 5.37. The second-order valence-electron chi connectivity index (χ2n) is 2.59. The molecule has 0 aromatic carbocycles. The molecule has 1 fully saturated rings. The SMILES string of the molecule is C=CC=C(N=C)C1(C)OCCO1. The monoisotopic (exact) mass is 167 g/mol. The van der Waals surface area contributed by atoms with Gasteiger partial charge in [0.05, 0.1) is 18.9 Å². The van der Waals surface area contributed by atoms with E-state index in [1.54, 1.807) is 12.2 Å². The molecular formula is C9H13NO2. The number of hydrogen-bond donors (Lipinski definition) is 0. The van der Waals surface area contributed by atoms with Crippen molar-refractivity contribution in [1.82, 2.24) is 0 Å². The van der Waals surface area contributed by atoms with Crippen LogP contribution in [0.2, 0.25) is 0 Å². The predicted octanol–water partition coefficient (Wildman–Crippen LogP) is 1.52. The minimum absolute atomic E-state index is 0.598. The first-order valence-corrected chi connectivity index (χ1v) is 3.81. The van der Waals surface area contributed by atoms with Gasteiger partial charge in [0.1, 0.15) is 0 Å². The predicted molar refractivity (Wildman–Crippen MR) is 48.1 cm³/mol. The molecule has 66 valence electrons. The fraction of sp³-hybridized carbons (Fsp3) is 0.444. The van der Waals surface area contributed by atoms with Gasteiger partial charge >= 0.3 is 0 Å². The summed E-state index contributed by atoms with van der Waals surface area (Å²) in [6, 6.07) is 0. The maximum absolute atomic E-state index is 5.37. The van der Waals surface area contributed by atoms with Crippen LogP contribution in [0.5, 0.6) is 0 Å². The Labute approximate surface area is 72.4 Å². The summed E-state index contributed by atoms with van der Waals surface area (Å²) in [5, 5.41) is 0. The lowest BCUT2D eigenvalue weighted by molar-refractivity contribution is -0.110. The van der Waals surface area contributed by atoms with E-state index in [-0.39, 0.29) is 0 Å². The zero-order valence-corrected chi connectivity index (χ0v) is 7.25. The minimum atomic E-state index is -0.726. The molecule has 0 radical (unpaired) electrons. The van der Waals surface area contributed by atoms with E-state index in [0.717, 1.165) is 0 Å². The third-order valence-electron chi connectivity index (χ3n) is 1.75. The molecule has 0 saturated carbocycles. The molecule has 0 aliphatic carbocycles. The zero-order valence-electron chi connectivity index (χ0n) is 7.25. The highest BCUT2D eigenvalue weighted by molar-refractivity contribution is 5.32. The van der Waals surface area contributed by atoms with E-state index in [2.05, 4.69) is 18.3 Å². The van der Waals surface area contributed by atoms with E-state index < -0.39 is 5.79 Å². The highest BCUT2D eigenvalue weighted by Gasteiger charge is 2.34. The molecule has 0 bridgehead atoms. The Morgan fingerprint density at radius 2 is 2.08 bits per heavy atom. The van der Waals surface area contributed by atoms with Crippen LogP contribution in [-0.2, 0) is 9.47 Å². The van der Waals surface area contributed by atoms with Crippen molar-refractivity contribution in [2.24, 2.45) is 4.99 Å². The van der Waals surface area contributed by atoms with Gasteiger partial charge in [-0.25, -0.2) is 0 Å². The van der Waals surface area contributed by atoms with Gasteiger partial charge in [0.15, 0.2) is 0 Å². The number of rotatable bonds is 3. The van der Waals surface area contributed by atoms with Crippen LogP contribution in [0.3, 0.4) is 0 Å². The van der Waals surface area contributed by atoms with Gasteiger partial charge in [0.2, 0.25) is 5.79 Å². The van der Waals surface area contributed by atoms with Crippen molar-refractivity contribution in [2.45, 2.75) is 12.7 Å². The van der Waals surface area contributed by atoms with Gasteiger partial charge in [-0.15, -0.1) is 0 Å². The van der Waals surface area contributed by atoms with E-state index >= 15 is 0 Å². The van der Waals surface area contributed by atoms with Gasteiger partial charge in [-0.1, -0.05) is 12.7 Å². The van der Waals surface area contributed by atoms with E-state index in [0.29, 0.717) is 18.9 Å². The van der Waals surface area contributed by atoms with Gasteiger partial charge in [-0.3, -0.25) is 4.99 Å². The van der Waals surface area contributed by atoms with Gasteiger partial charge in [0.25, 0.3) is 0 Å². The van der Waals surface area contributed by atoms with Crippen LogP contribution in [-0.4, -0.2) is 25.7 Å². The van der Waals surface area contributed by atoms with Crippen LogP contribution in [0.25, 0.3) is 0 Å². The third-order valence-corrected chi connectivity index (χ3v) is 1.75. The highest BCUT2D eigenvalue weighted by atomic mass is 16.7. The summed E-state index contributed by atoms with van der Waals surface area (Å²) >= 11 is 0. The smallest absolute Gasteiger partial charge is 0.209 e. The molecule has 1 aliphatic heterocycles. The second-order valence-corrected chi connectivity index (χ2v) is 2.59. The number of ether oxygens (including phenoxy) is 2. The van der Waals surface area contributed by atoms with Crippen molar-refractivity contribution in [1.29, 1.82) is 0 Å². The number of allylic oxidation sites excluding steroid dienone is 2. The lowest BCUT2D eigenvalue weighted by Gasteiger charge is -2.21. The van der Waals surface area contributed by atoms with Crippen LogP contribution >= 0.6 is 0 Å². The van der Waals surface area contributed by atoms with Gasteiger partial charge in [0, 0.05) is 0 Å². The Balaban J connectivity index is 2.83. The highest BCUT2D eigenvalue weighted by Crippen LogP contribution is 2.27. The lowest BCUT2D eigenvalue weighted by atomic mass is 10.2. The van der Waals surface area contributed by atoms with Crippen molar-refractivity contribution in [3.8, 4) is 0 Å². The molecule has 0 aromatic rings. The molecule has 0 aromatic heterocycles. The molecule has 3 nitrogen and oxygen atoms in total. The van der Waals surface area contributed by atoms with E-state index in [1.165, 1.54) is 0 Å². The summed E-state index contributed by atoms with van der Waals surface area (Å²) < 4.78 is 10.7. The number of hydrogen-bond acceptors (Lipinski definition) is 3. The Morgan fingerprint density at radius 1 is 1.50 bits per heavy atom. The Hall–Kier alpha value is -0.930. The van der Waals surface area contributed by atoms with Gasteiger partial charge in [-0.05, 0) is 19.7 Å². The Kier molecular flexibility index (Phi) is 2.78. The fourth-order valence-corrected chi connectivity index (χ4v) is 1.12. The summed E-state index contributed by atoms with van der Waals surface area (Å²) in [6.45, 7) is 10.0. The maximum Gasteiger partial charge on any atom is 0.209 e. The van der Waals surface area contributed by atoms with E-state index in [4.69, 9.17) is 9.47 Å². The van der Waals surface area contributed by atoms with Crippen LogP contribution in [0.15, 0.2) is 29.4 Å². The van der Waals surface area contributed by atoms with Crippen LogP contribution < -0.4 is 0 Å². The largest absolute Gasteiger partial charge is 0.342 e. The standard InChI is InChI=1S/C9H13NO2/c1-4-5-8(10-3)9(2)11-6-7-12-9/h4-5H,1,3,6-7H2,2H3. The van der Waals surface area contributed by atoms with Gasteiger partial charge < -0.3 is 9.47 Å². The number of aliphatic imine (C=N–C) groups is 1. The zero-order chi connectivity index (χ0) is 9.03. The molecular weight excluding hydrogens is 154 g/mol. The topological polar surface area (TPSA) is 30.8 Å². The van der Waals surface area contributed by atoms with Crippen molar-refractivity contribution >= 4 is 6.72 Å².